The van der Waals surface area contributed by atoms with Crippen LogP contribution in [-0.2, 0) is 6.54 Å². The molecule has 0 atom stereocenters. The predicted octanol–water partition coefficient (Wildman–Crippen LogP) is 5.61. The molecule has 3 heterocycles. The lowest BCUT2D eigenvalue weighted by atomic mass is 9.98. The van der Waals surface area contributed by atoms with Crippen LogP contribution in [0, 0.1) is 13.8 Å². The van der Waals surface area contributed by atoms with Crippen molar-refractivity contribution in [3.63, 3.8) is 0 Å². The van der Waals surface area contributed by atoms with E-state index < -0.39 is 0 Å². The fourth-order valence-electron chi connectivity index (χ4n) is 4.43. The Morgan fingerprint density at radius 3 is 2.55 bits per heavy atom. The summed E-state index contributed by atoms with van der Waals surface area (Å²) in [4.78, 5) is 0. The number of aromatic nitrogens is 3. The smallest absolute Gasteiger partial charge is 0.231 e. The molecule has 33 heavy (non-hydrogen) atoms. The first kappa shape index (κ1) is 19.6. The molecule has 0 saturated heterocycles. The molecule has 164 valence electrons. The van der Waals surface area contributed by atoms with E-state index in [0.29, 0.717) is 6.54 Å². The fourth-order valence-corrected chi connectivity index (χ4v) is 4.43. The van der Waals surface area contributed by atoms with Gasteiger partial charge in [-0.1, -0.05) is 24.3 Å². The summed E-state index contributed by atoms with van der Waals surface area (Å²) in [6, 6.07) is 18.6. The maximum atomic E-state index is 5.67. The van der Waals surface area contributed by atoms with E-state index in [1.807, 2.05) is 24.3 Å². The van der Waals surface area contributed by atoms with Crippen LogP contribution in [0.1, 0.15) is 16.7 Å². The molecule has 3 aliphatic rings. The molecular formula is C27H23N3O3. The van der Waals surface area contributed by atoms with Crippen LogP contribution < -0.4 is 14.2 Å². The predicted molar refractivity (Wildman–Crippen MR) is 127 cm³/mol. The second-order valence-electron chi connectivity index (χ2n) is 8.44. The van der Waals surface area contributed by atoms with Gasteiger partial charge in [-0.15, -0.1) is 10.2 Å². The lowest BCUT2D eigenvalue weighted by molar-refractivity contribution is 0.174. The van der Waals surface area contributed by atoms with Crippen molar-refractivity contribution in [3.05, 3.63) is 77.5 Å². The standard InChI is InChI=1S/C27H23N3O3/c1-16-7-8-19(9-17(16)2)26-22-14-30(13-18-5-4-6-20(10-18)31-3)23-12-25-24(32-15-33-25)11-21(23)27(22)29-28-26/h4-12,14H,13,15H2,1-3H3. The highest BCUT2D eigenvalue weighted by Gasteiger charge is 2.24. The molecule has 0 spiro atoms. The molecule has 0 aliphatic carbocycles. The summed E-state index contributed by atoms with van der Waals surface area (Å²) in [7, 11) is 1.69. The molecule has 0 unspecified atom stereocenters. The summed E-state index contributed by atoms with van der Waals surface area (Å²) in [5, 5.41) is 10.2. The highest BCUT2D eigenvalue weighted by molar-refractivity contribution is 5.99. The van der Waals surface area contributed by atoms with E-state index in [0.717, 1.165) is 56.2 Å². The van der Waals surface area contributed by atoms with E-state index in [4.69, 9.17) is 14.2 Å². The first-order chi connectivity index (χ1) is 16.1. The van der Waals surface area contributed by atoms with Gasteiger partial charge in [0.2, 0.25) is 6.79 Å². The van der Waals surface area contributed by atoms with Gasteiger partial charge in [-0.3, -0.25) is 0 Å². The molecule has 6 rings (SSSR count). The third-order valence-electron chi connectivity index (χ3n) is 6.37. The van der Waals surface area contributed by atoms with Gasteiger partial charge in [-0.05, 0) is 54.8 Å². The molecule has 0 fully saturated rings. The Balaban J connectivity index is 1.58. The van der Waals surface area contributed by atoms with Crippen LogP contribution in [0.4, 0.5) is 0 Å². The highest BCUT2D eigenvalue weighted by Crippen LogP contribution is 2.42. The number of hydrogen-bond donors (Lipinski definition) is 0. The Hall–Kier alpha value is -4.06. The molecule has 0 N–H and O–H groups in total. The Bertz CT molecular complexity index is 1490. The third kappa shape index (κ3) is 3.26. The summed E-state index contributed by atoms with van der Waals surface area (Å²) < 4.78 is 19.0. The molecule has 6 nitrogen and oxygen atoms in total. The van der Waals surface area contributed by atoms with E-state index in [1.54, 1.807) is 7.11 Å². The van der Waals surface area contributed by atoms with Crippen LogP contribution in [-0.4, -0.2) is 28.7 Å². The van der Waals surface area contributed by atoms with Gasteiger partial charge in [0, 0.05) is 35.3 Å². The minimum absolute atomic E-state index is 0.227. The zero-order valence-electron chi connectivity index (χ0n) is 18.8. The maximum Gasteiger partial charge on any atom is 0.231 e. The topological polar surface area (TPSA) is 58.4 Å². The van der Waals surface area contributed by atoms with Gasteiger partial charge >= 0.3 is 0 Å². The van der Waals surface area contributed by atoms with Gasteiger partial charge in [-0.2, -0.15) is 0 Å². The number of aryl methyl sites for hydroxylation is 2. The summed E-state index contributed by atoms with van der Waals surface area (Å²) in [5.74, 6) is 2.32. The molecule has 0 aromatic heterocycles. The number of fused-ring (bicyclic) bond motifs is 4. The number of ether oxygens (including phenoxy) is 3. The SMILES string of the molecule is COc1cccc(Cn2cc3c(-c4ccc(C)c(C)c4)nnc-3c3cc4c(cc32)OCO4)c1. The molecule has 0 bridgehead atoms. The Morgan fingerprint density at radius 1 is 0.909 bits per heavy atom. The van der Waals surface area contributed by atoms with Gasteiger partial charge in [-0.25, -0.2) is 0 Å². The normalized spacial score (nSPS) is 12.6. The lowest BCUT2D eigenvalue weighted by Gasteiger charge is -2.16. The minimum atomic E-state index is 0.227. The van der Waals surface area contributed by atoms with Gasteiger partial charge in [0.05, 0.1) is 12.6 Å². The Morgan fingerprint density at radius 2 is 1.73 bits per heavy atom. The van der Waals surface area contributed by atoms with E-state index in [-0.39, 0.29) is 6.79 Å². The van der Waals surface area contributed by atoms with E-state index in [1.165, 1.54) is 11.1 Å². The number of nitrogens with zero attached hydrogens (tertiary/aromatic N) is 3. The van der Waals surface area contributed by atoms with Crippen LogP contribution in [0.25, 0.3) is 33.4 Å². The second kappa shape index (κ2) is 7.52. The monoisotopic (exact) mass is 437 g/mol. The summed E-state index contributed by atoms with van der Waals surface area (Å²) >= 11 is 0. The first-order valence-electron chi connectivity index (χ1n) is 10.9. The van der Waals surface area contributed by atoms with Crippen LogP contribution in [0.3, 0.4) is 0 Å². The second-order valence-corrected chi connectivity index (χ2v) is 8.44. The first-order valence-corrected chi connectivity index (χ1v) is 10.9. The van der Waals surface area contributed by atoms with Crippen LogP contribution in [0.2, 0.25) is 0 Å². The molecule has 0 radical (unpaired) electrons. The largest absolute Gasteiger partial charge is 0.497 e. The molecule has 6 heteroatoms. The number of methoxy groups -OCH3 is 1. The zero-order valence-corrected chi connectivity index (χ0v) is 18.8. The molecule has 0 amide bonds. The average Bonchev–Trinajstić information content (AvgIpc) is 3.46. The quantitative estimate of drug-likeness (QED) is 0.366. The van der Waals surface area contributed by atoms with Crippen molar-refractivity contribution in [1.82, 2.24) is 14.8 Å². The van der Waals surface area contributed by atoms with Crippen molar-refractivity contribution in [1.29, 1.82) is 0 Å². The van der Waals surface area contributed by atoms with Crippen molar-refractivity contribution in [3.8, 4) is 39.8 Å². The summed E-state index contributed by atoms with van der Waals surface area (Å²) in [6.07, 6.45) is 2.14. The van der Waals surface area contributed by atoms with Crippen molar-refractivity contribution >= 4 is 10.9 Å². The molecule has 0 saturated carbocycles. The van der Waals surface area contributed by atoms with Crippen LogP contribution in [0.5, 0.6) is 17.2 Å². The lowest BCUT2D eigenvalue weighted by Crippen LogP contribution is -2.04. The van der Waals surface area contributed by atoms with Crippen molar-refractivity contribution in [2.45, 2.75) is 20.4 Å². The number of benzene rings is 3. The van der Waals surface area contributed by atoms with E-state index >= 15 is 0 Å². The number of pyridine rings is 1. The maximum absolute atomic E-state index is 5.67. The highest BCUT2D eigenvalue weighted by atomic mass is 16.7. The summed E-state index contributed by atoms with van der Waals surface area (Å²) in [5.41, 5.74) is 8.46. The van der Waals surface area contributed by atoms with Crippen LogP contribution in [0.15, 0.2) is 60.8 Å². The van der Waals surface area contributed by atoms with Gasteiger partial charge in [0.25, 0.3) is 0 Å². The van der Waals surface area contributed by atoms with Gasteiger partial charge in [0.1, 0.15) is 17.1 Å². The van der Waals surface area contributed by atoms with Crippen LogP contribution >= 0.6 is 0 Å². The van der Waals surface area contributed by atoms with Crippen molar-refractivity contribution in [2.24, 2.45) is 0 Å². The Labute approximate surface area is 191 Å². The zero-order chi connectivity index (χ0) is 22.5. The van der Waals surface area contributed by atoms with Gasteiger partial charge in [0.15, 0.2) is 11.5 Å². The number of rotatable bonds is 4. The van der Waals surface area contributed by atoms with E-state index in [9.17, 15) is 0 Å². The van der Waals surface area contributed by atoms with E-state index in [2.05, 4.69) is 65.1 Å². The minimum Gasteiger partial charge on any atom is -0.497 e. The third-order valence-corrected chi connectivity index (χ3v) is 6.37. The molecular weight excluding hydrogens is 414 g/mol. The molecule has 3 aliphatic heterocycles. The number of hydrogen-bond acceptors (Lipinski definition) is 5. The average molecular weight is 437 g/mol. The van der Waals surface area contributed by atoms with Crippen molar-refractivity contribution < 1.29 is 14.2 Å². The Kier molecular flexibility index (Phi) is 4.47. The molecule has 3 aromatic carbocycles. The summed E-state index contributed by atoms with van der Waals surface area (Å²) in [6.45, 7) is 5.13. The fraction of sp³-hybridized carbons (Fsp3) is 0.185. The van der Waals surface area contributed by atoms with Gasteiger partial charge < -0.3 is 18.8 Å². The van der Waals surface area contributed by atoms with Crippen molar-refractivity contribution in [2.75, 3.05) is 13.9 Å². The molecule has 3 aromatic rings.